The Morgan fingerprint density at radius 1 is 1.27 bits per heavy atom. The Kier molecular flexibility index (Phi) is 5.06. The number of aromatic nitrogens is 1. The fourth-order valence-corrected chi connectivity index (χ4v) is 3.59. The minimum atomic E-state index is -3.51. The van der Waals surface area contributed by atoms with Crippen LogP contribution >= 0.6 is 11.6 Å². The molecule has 0 saturated carbocycles. The first kappa shape index (κ1) is 20.7. The molecule has 2 unspecified atom stereocenters. The van der Waals surface area contributed by atoms with Crippen molar-refractivity contribution in [2.75, 3.05) is 18.5 Å². The summed E-state index contributed by atoms with van der Waals surface area (Å²) in [5.41, 5.74) is 4.58. The van der Waals surface area contributed by atoms with Crippen molar-refractivity contribution in [3.05, 3.63) is 52.6 Å². The average Bonchev–Trinajstić information content (AvgIpc) is 3.04. The summed E-state index contributed by atoms with van der Waals surface area (Å²) in [6, 6.07) is 3.34. The zero-order chi connectivity index (χ0) is 21.7. The van der Waals surface area contributed by atoms with E-state index in [1.807, 2.05) is 0 Å². The lowest BCUT2D eigenvalue weighted by Gasteiger charge is -2.35. The van der Waals surface area contributed by atoms with Crippen LogP contribution in [0.3, 0.4) is 0 Å². The van der Waals surface area contributed by atoms with Gasteiger partial charge in [0, 0.05) is 23.5 Å². The maximum atomic E-state index is 15.2. The molecule has 0 bridgehead atoms. The van der Waals surface area contributed by atoms with Gasteiger partial charge in [-0.1, -0.05) is 11.6 Å². The Morgan fingerprint density at radius 2 is 2.03 bits per heavy atom. The van der Waals surface area contributed by atoms with Crippen molar-refractivity contribution >= 4 is 23.1 Å². The lowest BCUT2D eigenvalue weighted by atomic mass is 9.89. The quantitative estimate of drug-likeness (QED) is 0.745. The molecule has 30 heavy (non-hydrogen) atoms. The number of fused-ring (bicyclic) bond motifs is 1. The molecule has 0 aliphatic carbocycles. The summed E-state index contributed by atoms with van der Waals surface area (Å²) in [4.78, 5) is 8.14. The van der Waals surface area contributed by atoms with Crippen molar-refractivity contribution in [1.29, 1.82) is 0 Å². The lowest BCUT2D eigenvalue weighted by molar-refractivity contribution is -0.191. The van der Waals surface area contributed by atoms with Gasteiger partial charge >= 0.3 is 5.92 Å². The number of nitrogens with two attached hydrogens (primary N) is 1. The first-order valence-electron chi connectivity index (χ1n) is 9.26. The Bertz CT molecular complexity index is 1020. The summed E-state index contributed by atoms with van der Waals surface area (Å²) < 4.78 is 55.8. The molecular formula is C20H20ClF3N4O2. The fourth-order valence-electron chi connectivity index (χ4n) is 3.44. The van der Waals surface area contributed by atoms with E-state index in [9.17, 15) is 4.39 Å². The molecule has 0 saturated heterocycles. The summed E-state index contributed by atoms with van der Waals surface area (Å²) in [5, 5.41) is 3.58. The molecule has 2 atom stereocenters. The van der Waals surface area contributed by atoms with Crippen molar-refractivity contribution in [3.8, 4) is 5.75 Å². The van der Waals surface area contributed by atoms with Gasteiger partial charge in [0.25, 0.3) is 0 Å². The molecule has 4 rings (SSSR count). The molecule has 0 spiro atoms. The monoisotopic (exact) mass is 440 g/mol. The number of amidine groups is 1. The zero-order valence-corrected chi connectivity index (χ0v) is 17.0. The van der Waals surface area contributed by atoms with Gasteiger partial charge in [-0.3, -0.25) is 9.98 Å². The third-order valence-corrected chi connectivity index (χ3v) is 5.44. The topological polar surface area (TPSA) is 81.8 Å². The normalized spacial score (nSPS) is 24.4. The second kappa shape index (κ2) is 7.31. The number of anilines is 1. The van der Waals surface area contributed by atoms with Gasteiger partial charge in [-0.2, -0.15) is 0 Å². The highest BCUT2D eigenvalue weighted by Crippen LogP contribution is 2.47. The summed E-state index contributed by atoms with van der Waals surface area (Å²) in [5.74, 6) is -3.90. The maximum Gasteiger partial charge on any atom is 0.301 e. The van der Waals surface area contributed by atoms with E-state index in [4.69, 9.17) is 26.8 Å². The molecular weight excluding hydrogens is 421 g/mol. The van der Waals surface area contributed by atoms with E-state index in [-0.39, 0.29) is 30.7 Å². The number of rotatable bonds is 3. The number of alkyl halides is 2. The Hall–Kier alpha value is -2.52. The summed E-state index contributed by atoms with van der Waals surface area (Å²) >= 11 is 5.92. The Balaban J connectivity index is 1.68. The number of nitrogens with one attached hydrogen (secondary N) is 1. The van der Waals surface area contributed by atoms with Crippen molar-refractivity contribution in [3.63, 3.8) is 0 Å². The van der Waals surface area contributed by atoms with Crippen LogP contribution in [0.25, 0.3) is 0 Å². The second-order valence-corrected chi connectivity index (χ2v) is 8.16. The van der Waals surface area contributed by atoms with Crippen LogP contribution in [-0.4, -0.2) is 35.6 Å². The molecule has 6 nitrogen and oxygen atoms in total. The van der Waals surface area contributed by atoms with Crippen molar-refractivity contribution in [2.24, 2.45) is 10.7 Å². The summed E-state index contributed by atoms with van der Waals surface area (Å²) in [7, 11) is 0. The molecule has 0 radical (unpaired) electrons. The molecule has 1 aromatic heterocycles. The minimum absolute atomic E-state index is 0.123. The number of ether oxygens (including phenoxy) is 2. The number of hydrogen-bond acceptors (Lipinski definition) is 6. The van der Waals surface area contributed by atoms with Gasteiger partial charge < -0.3 is 20.5 Å². The van der Waals surface area contributed by atoms with Gasteiger partial charge in [0.15, 0.2) is 0 Å². The maximum absolute atomic E-state index is 15.2. The molecule has 2 aliphatic heterocycles. The average molecular weight is 441 g/mol. The van der Waals surface area contributed by atoms with Gasteiger partial charge in [0.1, 0.15) is 54.0 Å². The molecule has 3 N–H and O–H groups in total. The number of halogens is 4. The highest BCUT2D eigenvalue weighted by Gasteiger charge is 2.56. The Labute approximate surface area is 176 Å². The number of aliphatic imine (C=N–C) groups is 1. The summed E-state index contributed by atoms with van der Waals surface area (Å²) in [6.45, 7) is 2.47. The number of pyridine rings is 1. The van der Waals surface area contributed by atoms with Gasteiger partial charge in [0.05, 0.1) is 5.02 Å². The van der Waals surface area contributed by atoms with Crippen LogP contribution in [0, 0.1) is 5.82 Å². The third-order valence-electron chi connectivity index (χ3n) is 5.24. The SMILES string of the molecule is CC1(C)OCC(N)=NC(c2cc(NC3COc4cc(Cl)cnc43)ccc2F)C1(F)F. The van der Waals surface area contributed by atoms with Gasteiger partial charge in [-0.25, -0.2) is 13.2 Å². The van der Waals surface area contributed by atoms with Crippen LogP contribution < -0.4 is 15.8 Å². The van der Waals surface area contributed by atoms with Crippen molar-refractivity contribution in [2.45, 2.75) is 37.5 Å². The summed E-state index contributed by atoms with van der Waals surface area (Å²) in [6.07, 6.45) is 1.49. The number of nitrogens with zero attached hydrogens (tertiary/aromatic N) is 2. The molecule has 0 amide bonds. The van der Waals surface area contributed by atoms with E-state index in [1.54, 1.807) is 6.07 Å². The van der Waals surface area contributed by atoms with Crippen LogP contribution in [0.15, 0.2) is 35.5 Å². The molecule has 1 aromatic carbocycles. The van der Waals surface area contributed by atoms with E-state index in [0.29, 0.717) is 22.2 Å². The van der Waals surface area contributed by atoms with Crippen molar-refractivity contribution < 1.29 is 22.6 Å². The van der Waals surface area contributed by atoms with E-state index in [0.717, 1.165) is 6.07 Å². The minimum Gasteiger partial charge on any atom is -0.489 e. The standard InChI is InChI=1S/C20H20ClF3N4O2/c1-19(2)20(23,24)18(28-16(25)9-30-19)12-6-11(3-4-13(12)22)27-14-8-29-15-5-10(21)7-26-17(14)15/h3-7,14,18,27H,8-9H2,1-2H3,(H2,25,28). The van der Waals surface area contributed by atoms with Crippen LogP contribution in [0.5, 0.6) is 5.75 Å². The first-order valence-corrected chi connectivity index (χ1v) is 9.64. The third kappa shape index (κ3) is 3.56. The van der Waals surface area contributed by atoms with E-state index in [2.05, 4.69) is 15.3 Å². The van der Waals surface area contributed by atoms with Crippen LogP contribution in [-0.2, 0) is 4.74 Å². The molecule has 3 heterocycles. The van der Waals surface area contributed by atoms with E-state index in [1.165, 1.54) is 32.2 Å². The predicted molar refractivity (Wildman–Crippen MR) is 107 cm³/mol. The highest BCUT2D eigenvalue weighted by atomic mass is 35.5. The highest BCUT2D eigenvalue weighted by molar-refractivity contribution is 6.30. The van der Waals surface area contributed by atoms with Crippen LogP contribution in [0.4, 0.5) is 18.9 Å². The van der Waals surface area contributed by atoms with Crippen LogP contribution in [0.2, 0.25) is 5.02 Å². The molecule has 2 aromatic rings. The molecule has 160 valence electrons. The largest absolute Gasteiger partial charge is 0.489 e. The second-order valence-electron chi connectivity index (χ2n) is 7.73. The number of hydrogen-bond donors (Lipinski definition) is 2. The van der Waals surface area contributed by atoms with E-state index < -0.39 is 23.4 Å². The molecule has 2 aliphatic rings. The van der Waals surface area contributed by atoms with Gasteiger partial charge in [-0.15, -0.1) is 0 Å². The zero-order valence-electron chi connectivity index (χ0n) is 16.3. The first-order chi connectivity index (χ1) is 14.1. The molecule has 10 heteroatoms. The number of benzene rings is 1. The van der Waals surface area contributed by atoms with Gasteiger partial charge in [0.2, 0.25) is 0 Å². The van der Waals surface area contributed by atoms with Crippen LogP contribution in [0.1, 0.15) is 37.2 Å². The van der Waals surface area contributed by atoms with Crippen molar-refractivity contribution in [1.82, 2.24) is 4.98 Å². The van der Waals surface area contributed by atoms with E-state index >= 15 is 8.78 Å². The fraction of sp³-hybridized carbons (Fsp3) is 0.400. The Morgan fingerprint density at radius 3 is 2.80 bits per heavy atom. The predicted octanol–water partition coefficient (Wildman–Crippen LogP) is 4.26. The smallest absolute Gasteiger partial charge is 0.301 e. The van der Waals surface area contributed by atoms with Gasteiger partial charge in [-0.05, 0) is 32.0 Å². The molecule has 0 fully saturated rings. The lowest BCUT2D eigenvalue weighted by Crippen LogP contribution is -2.48.